The number of aliphatic carboxylic acids is 1. The molecule has 3 unspecified atom stereocenters. The van der Waals surface area contributed by atoms with Crippen LogP contribution in [0.4, 0.5) is 0 Å². The van der Waals surface area contributed by atoms with E-state index in [4.69, 9.17) is 5.11 Å². The molecule has 2 aliphatic rings. The van der Waals surface area contributed by atoms with Crippen molar-refractivity contribution in [3.05, 3.63) is 0 Å². The molecule has 2 N–H and O–H groups in total. The molecule has 1 saturated carbocycles. The van der Waals surface area contributed by atoms with Gasteiger partial charge in [-0.05, 0) is 6.42 Å². The Morgan fingerprint density at radius 3 is 2.69 bits per heavy atom. The number of carboxylic acids is 1. The third-order valence-corrected chi connectivity index (χ3v) is 5.68. The molecular formula is C10H15NO3S2. The molecule has 16 heavy (non-hydrogen) atoms. The van der Waals surface area contributed by atoms with Crippen LogP contribution in [0.5, 0.6) is 0 Å². The van der Waals surface area contributed by atoms with Gasteiger partial charge < -0.3 is 10.4 Å². The lowest BCUT2D eigenvalue weighted by atomic mass is 10.3. The van der Waals surface area contributed by atoms with Crippen molar-refractivity contribution < 1.29 is 14.7 Å². The number of thioether (sulfide) groups is 2. The molecule has 3 atom stereocenters. The molecule has 90 valence electrons. The van der Waals surface area contributed by atoms with Crippen molar-refractivity contribution in [2.45, 2.75) is 11.7 Å². The number of amides is 1. The van der Waals surface area contributed by atoms with Crippen LogP contribution in [0.2, 0.25) is 0 Å². The smallest absolute Gasteiger partial charge is 0.307 e. The maximum atomic E-state index is 11.6. The van der Waals surface area contributed by atoms with Crippen LogP contribution in [-0.4, -0.2) is 46.0 Å². The molecule has 6 heteroatoms. The topological polar surface area (TPSA) is 66.4 Å². The predicted molar refractivity (Wildman–Crippen MR) is 65.8 cm³/mol. The normalized spacial score (nSPS) is 33.1. The standard InChI is InChI=1S/C10H15NO3S2/c12-9(7-3-8(7)10(13)14)11-4-6-5-15-1-2-16-6/h6-8H,1-5H2,(H,11,12)(H,13,14). The van der Waals surface area contributed by atoms with Crippen LogP contribution in [0.25, 0.3) is 0 Å². The van der Waals surface area contributed by atoms with Crippen LogP contribution in [0.15, 0.2) is 0 Å². The number of rotatable bonds is 4. The minimum Gasteiger partial charge on any atom is -0.481 e. The summed E-state index contributed by atoms with van der Waals surface area (Å²) in [6.45, 7) is 0.680. The molecule has 1 aliphatic heterocycles. The summed E-state index contributed by atoms with van der Waals surface area (Å²) in [7, 11) is 0. The first-order valence-electron chi connectivity index (χ1n) is 5.38. The Morgan fingerprint density at radius 1 is 1.31 bits per heavy atom. The summed E-state index contributed by atoms with van der Waals surface area (Å²) in [5.41, 5.74) is 0. The number of carbonyl (C=O) groups is 2. The average Bonchev–Trinajstić information content (AvgIpc) is 3.07. The Kier molecular flexibility index (Phi) is 4.02. The van der Waals surface area contributed by atoms with Crippen molar-refractivity contribution >= 4 is 35.4 Å². The minimum atomic E-state index is -0.845. The summed E-state index contributed by atoms with van der Waals surface area (Å²) in [6, 6.07) is 0. The molecular weight excluding hydrogens is 246 g/mol. The number of hydrogen-bond acceptors (Lipinski definition) is 4. The van der Waals surface area contributed by atoms with E-state index < -0.39 is 11.9 Å². The Morgan fingerprint density at radius 2 is 2.12 bits per heavy atom. The van der Waals surface area contributed by atoms with Gasteiger partial charge in [0.15, 0.2) is 0 Å². The highest BCUT2D eigenvalue weighted by Gasteiger charge is 2.48. The highest BCUT2D eigenvalue weighted by atomic mass is 32.2. The molecule has 0 radical (unpaired) electrons. The minimum absolute atomic E-state index is 0.0800. The van der Waals surface area contributed by atoms with Crippen LogP contribution in [0, 0.1) is 11.8 Å². The monoisotopic (exact) mass is 261 g/mol. The van der Waals surface area contributed by atoms with Gasteiger partial charge in [-0.3, -0.25) is 9.59 Å². The molecule has 2 fully saturated rings. The number of carbonyl (C=O) groups excluding carboxylic acids is 1. The molecule has 4 nitrogen and oxygen atoms in total. The molecule has 1 aliphatic carbocycles. The second kappa shape index (κ2) is 5.31. The summed E-state index contributed by atoms with van der Waals surface area (Å²) in [6.07, 6.45) is 0.508. The van der Waals surface area contributed by atoms with Crippen molar-refractivity contribution in [3.63, 3.8) is 0 Å². The second-order valence-electron chi connectivity index (χ2n) is 4.10. The lowest BCUT2D eigenvalue weighted by Crippen LogP contribution is -2.34. The quantitative estimate of drug-likeness (QED) is 0.778. The van der Waals surface area contributed by atoms with E-state index >= 15 is 0 Å². The van der Waals surface area contributed by atoms with E-state index in [2.05, 4.69) is 5.32 Å². The van der Waals surface area contributed by atoms with E-state index in [0.717, 1.165) is 11.5 Å². The number of carboxylic acid groups (broad SMARTS) is 1. The maximum absolute atomic E-state index is 11.6. The Balaban J connectivity index is 1.66. The van der Waals surface area contributed by atoms with Crippen molar-refractivity contribution in [2.24, 2.45) is 11.8 Å². The summed E-state index contributed by atoms with van der Waals surface area (Å²) >= 11 is 3.81. The molecule has 0 aromatic carbocycles. The summed E-state index contributed by atoms with van der Waals surface area (Å²) in [4.78, 5) is 22.2. The fourth-order valence-electron chi connectivity index (χ4n) is 1.76. The first-order valence-corrected chi connectivity index (χ1v) is 7.58. The van der Waals surface area contributed by atoms with Gasteiger partial charge in [0.2, 0.25) is 5.91 Å². The van der Waals surface area contributed by atoms with Crippen LogP contribution < -0.4 is 5.32 Å². The van der Waals surface area contributed by atoms with Crippen molar-refractivity contribution in [1.29, 1.82) is 0 Å². The lowest BCUT2D eigenvalue weighted by molar-refractivity contribution is -0.140. The van der Waals surface area contributed by atoms with E-state index in [1.807, 2.05) is 23.5 Å². The molecule has 0 aromatic rings. The van der Waals surface area contributed by atoms with Crippen LogP contribution in [0.1, 0.15) is 6.42 Å². The van der Waals surface area contributed by atoms with Gasteiger partial charge in [-0.15, -0.1) is 0 Å². The number of hydrogen-bond donors (Lipinski definition) is 2. The van der Waals surface area contributed by atoms with Gasteiger partial charge in [0.25, 0.3) is 0 Å². The molecule has 0 aromatic heterocycles. The average molecular weight is 261 g/mol. The highest BCUT2D eigenvalue weighted by Crippen LogP contribution is 2.38. The highest BCUT2D eigenvalue weighted by molar-refractivity contribution is 8.06. The zero-order chi connectivity index (χ0) is 11.5. The van der Waals surface area contributed by atoms with E-state index in [-0.39, 0.29) is 11.8 Å². The molecule has 1 saturated heterocycles. The molecule has 1 heterocycles. The SMILES string of the molecule is O=C(O)C1CC1C(=O)NCC1CSCCS1. The maximum Gasteiger partial charge on any atom is 0.307 e. The number of nitrogens with one attached hydrogen (secondary N) is 1. The third kappa shape index (κ3) is 3.07. The fourth-order valence-corrected chi connectivity index (χ4v) is 4.37. The van der Waals surface area contributed by atoms with E-state index in [0.29, 0.717) is 18.2 Å². The van der Waals surface area contributed by atoms with Gasteiger partial charge in [-0.2, -0.15) is 23.5 Å². The largest absolute Gasteiger partial charge is 0.481 e. The van der Waals surface area contributed by atoms with Gasteiger partial charge in [0, 0.05) is 29.1 Å². The zero-order valence-corrected chi connectivity index (χ0v) is 10.5. The Bertz CT molecular complexity index is 292. The Labute approximate surface area is 103 Å². The first-order chi connectivity index (χ1) is 7.68. The predicted octanol–water partition coefficient (Wildman–Crippen LogP) is 0.672. The van der Waals surface area contributed by atoms with Crippen molar-refractivity contribution in [1.82, 2.24) is 5.32 Å². The van der Waals surface area contributed by atoms with Gasteiger partial charge >= 0.3 is 5.97 Å². The van der Waals surface area contributed by atoms with E-state index in [1.165, 1.54) is 5.75 Å². The fraction of sp³-hybridized carbons (Fsp3) is 0.800. The van der Waals surface area contributed by atoms with Crippen molar-refractivity contribution in [3.8, 4) is 0 Å². The molecule has 2 rings (SSSR count). The van der Waals surface area contributed by atoms with Crippen molar-refractivity contribution in [2.75, 3.05) is 23.8 Å². The van der Waals surface area contributed by atoms with Gasteiger partial charge in [-0.25, -0.2) is 0 Å². The molecule has 1 amide bonds. The summed E-state index contributed by atoms with van der Waals surface area (Å²) < 4.78 is 0. The zero-order valence-electron chi connectivity index (χ0n) is 8.85. The summed E-state index contributed by atoms with van der Waals surface area (Å²) in [5, 5.41) is 12.1. The van der Waals surface area contributed by atoms with Crippen LogP contribution in [-0.2, 0) is 9.59 Å². The van der Waals surface area contributed by atoms with Gasteiger partial charge in [0.1, 0.15) is 0 Å². The molecule has 0 bridgehead atoms. The lowest BCUT2D eigenvalue weighted by Gasteiger charge is -2.21. The summed E-state index contributed by atoms with van der Waals surface area (Å²) in [5.74, 6) is 1.78. The van der Waals surface area contributed by atoms with Gasteiger partial charge in [-0.1, -0.05) is 0 Å². The van der Waals surface area contributed by atoms with Crippen LogP contribution >= 0.6 is 23.5 Å². The van der Waals surface area contributed by atoms with Crippen LogP contribution in [0.3, 0.4) is 0 Å². The van der Waals surface area contributed by atoms with E-state index in [1.54, 1.807) is 0 Å². The molecule has 0 spiro atoms. The first kappa shape index (κ1) is 12.1. The van der Waals surface area contributed by atoms with Gasteiger partial charge in [0.05, 0.1) is 11.8 Å². The van der Waals surface area contributed by atoms with E-state index in [9.17, 15) is 9.59 Å². The second-order valence-corrected chi connectivity index (χ2v) is 6.66. The Hall–Kier alpha value is -0.360. The third-order valence-electron chi connectivity index (χ3n) is 2.83.